The number of hydrogen-bond donors (Lipinski definition) is 0. The Labute approximate surface area is 56.0 Å². The Morgan fingerprint density at radius 3 is 3.11 bits per heavy atom. The Morgan fingerprint density at radius 1 is 1.44 bits per heavy atom. The highest BCUT2D eigenvalue weighted by molar-refractivity contribution is 5.01. The van der Waals surface area contributed by atoms with Crippen LogP contribution in [-0.2, 0) is 0 Å². The van der Waals surface area contributed by atoms with Crippen molar-refractivity contribution < 1.29 is 0 Å². The Hall–Kier alpha value is -0.770. The third-order valence-corrected chi connectivity index (χ3v) is 1.67. The second-order valence-electron chi connectivity index (χ2n) is 2.45. The number of hydrogen-bond acceptors (Lipinski definition) is 1. The van der Waals surface area contributed by atoms with Gasteiger partial charge in [-0.15, -0.1) is 0 Å². The molecule has 1 nitrogen and oxygen atoms in total. The summed E-state index contributed by atoms with van der Waals surface area (Å²) in [5.74, 6) is 0.201. The second-order valence-corrected chi connectivity index (χ2v) is 2.45. The predicted molar refractivity (Wildman–Crippen MR) is 36.7 cm³/mol. The van der Waals surface area contributed by atoms with E-state index in [1.165, 1.54) is 12.8 Å². The molecule has 0 amide bonds. The van der Waals surface area contributed by atoms with E-state index >= 15 is 0 Å². The molecule has 0 saturated heterocycles. The highest BCUT2D eigenvalue weighted by Gasteiger charge is 2.03. The van der Waals surface area contributed by atoms with Crippen LogP contribution < -0.4 is 0 Å². The maximum absolute atomic E-state index is 8.51. The highest BCUT2D eigenvalue weighted by Crippen LogP contribution is 2.15. The van der Waals surface area contributed by atoms with Crippen LogP contribution in [-0.4, -0.2) is 0 Å². The minimum absolute atomic E-state index is 0.201. The fraction of sp³-hybridized carbons (Fsp3) is 0.625. The largest absolute Gasteiger partial charge is 0.198 e. The van der Waals surface area contributed by atoms with E-state index < -0.39 is 0 Å². The fourth-order valence-electron chi connectivity index (χ4n) is 1.09. The third-order valence-electron chi connectivity index (χ3n) is 1.67. The molecule has 9 heavy (non-hydrogen) atoms. The van der Waals surface area contributed by atoms with Gasteiger partial charge in [0.05, 0.1) is 12.0 Å². The molecule has 0 aliphatic heterocycles. The molecule has 1 aliphatic rings. The van der Waals surface area contributed by atoms with Crippen molar-refractivity contribution >= 4 is 0 Å². The molecule has 0 saturated carbocycles. The summed E-state index contributed by atoms with van der Waals surface area (Å²) in [6, 6.07) is 2.26. The summed E-state index contributed by atoms with van der Waals surface area (Å²) >= 11 is 0. The molecule has 0 aromatic heterocycles. The molecular weight excluding hydrogens is 110 g/mol. The summed E-state index contributed by atoms with van der Waals surface area (Å²) in [6.07, 6.45) is 8.86. The van der Waals surface area contributed by atoms with Crippen molar-refractivity contribution in [2.75, 3.05) is 0 Å². The first-order chi connectivity index (χ1) is 4.43. The minimum Gasteiger partial charge on any atom is -0.198 e. The molecule has 0 radical (unpaired) electrons. The summed E-state index contributed by atoms with van der Waals surface area (Å²) in [5, 5.41) is 8.51. The van der Waals surface area contributed by atoms with Crippen molar-refractivity contribution in [2.45, 2.75) is 25.7 Å². The van der Waals surface area contributed by atoms with Crippen molar-refractivity contribution in [3.05, 3.63) is 12.2 Å². The lowest BCUT2D eigenvalue weighted by Gasteiger charge is -1.95. The Morgan fingerprint density at radius 2 is 2.33 bits per heavy atom. The number of rotatable bonds is 0. The summed E-state index contributed by atoms with van der Waals surface area (Å²) in [7, 11) is 0. The first-order valence-corrected chi connectivity index (χ1v) is 3.50. The van der Waals surface area contributed by atoms with E-state index in [9.17, 15) is 0 Å². The first-order valence-electron chi connectivity index (χ1n) is 3.50. The molecule has 1 atom stereocenters. The van der Waals surface area contributed by atoms with Crippen LogP contribution in [0.1, 0.15) is 25.7 Å². The SMILES string of the molecule is N#CC1C=CCCCC1. The van der Waals surface area contributed by atoms with Crippen LogP contribution >= 0.6 is 0 Å². The van der Waals surface area contributed by atoms with Gasteiger partial charge in [-0.2, -0.15) is 5.26 Å². The van der Waals surface area contributed by atoms with Gasteiger partial charge in [-0.25, -0.2) is 0 Å². The molecule has 0 aromatic rings. The molecule has 1 unspecified atom stereocenters. The van der Waals surface area contributed by atoms with E-state index in [1.54, 1.807) is 0 Å². The van der Waals surface area contributed by atoms with Crippen LogP contribution in [0.2, 0.25) is 0 Å². The van der Waals surface area contributed by atoms with Crippen molar-refractivity contribution in [1.82, 2.24) is 0 Å². The highest BCUT2D eigenvalue weighted by atomic mass is 14.3. The molecule has 48 valence electrons. The van der Waals surface area contributed by atoms with Gasteiger partial charge in [0.25, 0.3) is 0 Å². The van der Waals surface area contributed by atoms with Gasteiger partial charge in [0.1, 0.15) is 0 Å². The average molecular weight is 121 g/mol. The van der Waals surface area contributed by atoms with Crippen LogP contribution in [0.15, 0.2) is 12.2 Å². The van der Waals surface area contributed by atoms with Gasteiger partial charge in [-0.3, -0.25) is 0 Å². The quantitative estimate of drug-likeness (QED) is 0.451. The van der Waals surface area contributed by atoms with Gasteiger partial charge in [-0.05, 0) is 19.3 Å². The van der Waals surface area contributed by atoms with E-state index in [1.807, 2.05) is 6.08 Å². The molecule has 0 aromatic carbocycles. The summed E-state index contributed by atoms with van der Waals surface area (Å²) in [6.45, 7) is 0. The van der Waals surface area contributed by atoms with Gasteiger partial charge < -0.3 is 0 Å². The molecule has 0 spiro atoms. The molecule has 0 bridgehead atoms. The molecule has 1 rings (SSSR count). The molecule has 0 heterocycles. The van der Waals surface area contributed by atoms with E-state index in [4.69, 9.17) is 5.26 Å². The lowest BCUT2D eigenvalue weighted by atomic mass is 10.1. The molecule has 1 heteroatoms. The molecular formula is C8H11N. The van der Waals surface area contributed by atoms with Crippen LogP contribution in [0.25, 0.3) is 0 Å². The number of nitrogens with zero attached hydrogens (tertiary/aromatic N) is 1. The van der Waals surface area contributed by atoms with Gasteiger partial charge in [-0.1, -0.05) is 18.6 Å². The fourth-order valence-corrected chi connectivity index (χ4v) is 1.09. The van der Waals surface area contributed by atoms with Crippen LogP contribution in [0.3, 0.4) is 0 Å². The van der Waals surface area contributed by atoms with Gasteiger partial charge in [0, 0.05) is 0 Å². The van der Waals surface area contributed by atoms with Crippen molar-refractivity contribution in [1.29, 1.82) is 5.26 Å². The van der Waals surface area contributed by atoms with Gasteiger partial charge >= 0.3 is 0 Å². The zero-order chi connectivity index (χ0) is 6.53. The topological polar surface area (TPSA) is 23.8 Å². The third kappa shape index (κ3) is 1.89. The maximum Gasteiger partial charge on any atom is 0.0697 e. The van der Waals surface area contributed by atoms with Gasteiger partial charge in [0.15, 0.2) is 0 Å². The first kappa shape index (κ1) is 6.35. The maximum atomic E-state index is 8.51. The lowest BCUT2D eigenvalue weighted by Crippen LogP contribution is -1.88. The minimum atomic E-state index is 0.201. The predicted octanol–water partition coefficient (Wildman–Crippen LogP) is 2.26. The van der Waals surface area contributed by atoms with Gasteiger partial charge in [0.2, 0.25) is 0 Å². The van der Waals surface area contributed by atoms with E-state index in [2.05, 4.69) is 12.1 Å². The summed E-state index contributed by atoms with van der Waals surface area (Å²) in [5.41, 5.74) is 0. The average Bonchev–Trinajstić information content (AvgIpc) is 2.13. The van der Waals surface area contributed by atoms with Crippen LogP contribution in [0.4, 0.5) is 0 Å². The molecule has 1 aliphatic carbocycles. The normalized spacial score (nSPS) is 26.8. The Bertz CT molecular complexity index is 141. The standard InChI is InChI=1S/C8H11N/c9-7-8-5-3-1-2-4-6-8/h3,5,8H,1-2,4,6H2. The van der Waals surface area contributed by atoms with Crippen molar-refractivity contribution in [2.24, 2.45) is 5.92 Å². The summed E-state index contributed by atoms with van der Waals surface area (Å²) < 4.78 is 0. The Balaban J connectivity index is 2.44. The van der Waals surface area contributed by atoms with Crippen LogP contribution in [0.5, 0.6) is 0 Å². The van der Waals surface area contributed by atoms with E-state index in [0.717, 1.165) is 12.8 Å². The number of allylic oxidation sites excluding steroid dienone is 2. The second kappa shape index (κ2) is 3.29. The zero-order valence-electron chi connectivity index (χ0n) is 5.51. The molecule has 0 fully saturated rings. The smallest absolute Gasteiger partial charge is 0.0697 e. The van der Waals surface area contributed by atoms with Crippen molar-refractivity contribution in [3.8, 4) is 6.07 Å². The zero-order valence-corrected chi connectivity index (χ0v) is 5.51. The van der Waals surface area contributed by atoms with E-state index in [-0.39, 0.29) is 5.92 Å². The lowest BCUT2D eigenvalue weighted by molar-refractivity contribution is 0.653. The van der Waals surface area contributed by atoms with Crippen LogP contribution in [0, 0.1) is 17.2 Å². The summed E-state index contributed by atoms with van der Waals surface area (Å²) in [4.78, 5) is 0. The molecule has 0 N–H and O–H groups in total. The van der Waals surface area contributed by atoms with Crippen molar-refractivity contribution in [3.63, 3.8) is 0 Å². The Kier molecular flexibility index (Phi) is 2.32. The monoisotopic (exact) mass is 121 g/mol. The van der Waals surface area contributed by atoms with E-state index in [0.29, 0.717) is 0 Å². The number of nitriles is 1.